The van der Waals surface area contributed by atoms with Crippen molar-refractivity contribution in [1.82, 2.24) is 15.1 Å². The molecule has 6 nitrogen and oxygen atoms in total. The number of likely N-dealkylation sites (tertiary alicyclic amines) is 1. The predicted molar refractivity (Wildman–Crippen MR) is 126 cm³/mol. The van der Waals surface area contributed by atoms with Gasteiger partial charge in [0.25, 0.3) is 0 Å². The van der Waals surface area contributed by atoms with Gasteiger partial charge in [-0.2, -0.15) is 0 Å². The van der Waals surface area contributed by atoms with Crippen LogP contribution in [0.5, 0.6) is 0 Å². The van der Waals surface area contributed by atoms with E-state index in [1.54, 1.807) is 0 Å². The minimum atomic E-state index is 0.0358. The Kier molecular flexibility index (Phi) is 5.27. The summed E-state index contributed by atoms with van der Waals surface area (Å²) in [4.78, 5) is 27.8. The first kappa shape index (κ1) is 22.1. The summed E-state index contributed by atoms with van der Waals surface area (Å²) in [6.07, 6.45) is 7.85. The molecule has 3 fully saturated rings. The molecule has 5 rings (SSSR count). The van der Waals surface area contributed by atoms with Crippen molar-refractivity contribution in [3.8, 4) is 0 Å². The Hall–Kier alpha value is -1.76. The first-order valence-corrected chi connectivity index (χ1v) is 13.1. The molecule has 4 aliphatic rings. The number of carbonyl (C=O) groups excluding carboxylic acids is 2. The minimum absolute atomic E-state index is 0.0358. The standard InChI is InChI=1S/C25H36N4O2S/c1-6-19-27-28-23(32-19)26-22(31)18-8-7-16-15-13-14(2)21-25(4,12-10-20(30)29(21)5)17(15)9-11-24(16,18)3/h15-18H,6-13H2,1-5H3,(H,26,28,31)/t15-,16-,17-,18+,24-,25+/m0/s1. The summed E-state index contributed by atoms with van der Waals surface area (Å²) >= 11 is 1.49. The van der Waals surface area contributed by atoms with E-state index in [0.29, 0.717) is 29.3 Å². The zero-order chi connectivity index (χ0) is 22.8. The van der Waals surface area contributed by atoms with Crippen molar-refractivity contribution < 1.29 is 9.59 Å². The summed E-state index contributed by atoms with van der Waals surface area (Å²) in [6.45, 7) is 9.08. The zero-order valence-electron chi connectivity index (χ0n) is 20.0. The maximum Gasteiger partial charge on any atom is 0.229 e. The van der Waals surface area contributed by atoms with Crippen LogP contribution in [-0.4, -0.2) is 34.0 Å². The lowest BCUT2D eigenvalue weighted by atomic mass is 9.48. The van der Waals surface area contributed by atoms with E-state index in [1.807, 2.05) is 11.9 Å². The molecular weight excluding hydrogens is 420 g/mol. The highest BCUT2D eigenvalue weighted by atomic mass is 32.1. The second-order valence-corrected chi connectivity index (χ2v) is 12.2. The molecule has 0 radical (unpaired) electrons. The van der Waals surface area contributed by atoms with Gasteiger partial charge in [-0.3, -0.25) is 9.59 Å². The topological polar surface area (TPSA) is 75.2 Å². The third-order valence-corrected chi connectivity index (χ3v) is 10.6. The smallest absolute Gasteiger partial charge is 0.229 e. The van der Waals surface area contributed by atoms with Gasteiger partial charge in [0.2, 0.25) is 16.9 Å². The molecule has 0 unspecified atom stereocenters. The number of rotatable bonds is 3. The van der Waals surface area contributed by atoms with Crippen molar-refractivity contribution in [3.63, 3.8) is 0 Å². The van der Waals surface area contributed by atoms with E-state index >= 15 is 0 Å². The molecule has 0 aromatic carbocycles. The van der Waals surface area contributed by atoms with Gasteiger partial charge in [0.15, 0.2) is 0 Å². The van der Waals surface area contributed by atoms with E-state index in [0.717, 1.165) is 50.0 Å². The molecule has 174 valence electrons. The average Bonchev–Trinajstić information content (AvgIpc) is 3.34. The fraction of sp³-hybridized carbons (Fsp3) is 0.760. The van der Waals surface area contributed by atoms with E-state index in [9.17, 15) is 9.59 Å². The van der Waals surface area contributed by atoms with E-state index < -0.39 is 0 Å². The Morgan fingerprint density at radius 1 is 1.19 bits per heavy atom. The molecule has 1 saturated heterocycles. The normalized spacial score (nSPS) is 38.9. The van der Waals surface area contributed by atoms with Crippen molar-refractivity contribution in [2.45, 2.75) is 79.1 Å². The van der Waals surface area contributed by atoms with Crippen molar-refractivity contribution in [2.24, 2.45) is 34.5 Å². The molecule has 1 N–H and O–H groups in total. The highest BCUT2D eigenvalue weighted by molar-refractivity contribution is 7.15. The summed E-state index contributed by atoms with van der Waals surface area (Å²) < 4.78 is 0. The fourth-order valence-electron chi connectivity index (χ4n) is 8.18. The maximum absolute atomic E-state index is 13.3. The fourth-order valence-corrected chi connectivity index (χ4v) is 8.86. The molecule has 0 spiro atoms. The lowest BCUT2D eigenvalue weighted by Gasteiger charge is -2.59. The summed E-state index contributed by atoms with van der Waals surface area (Å²) in [5, 5.41) is 13.0. The first-order chi connectivity index (χ1) is 15.2. The third kappa shape index (κ3) is 3.10. The van der Waals surface area contributed by atoms with Gasteiger partial charge >= 0.3 is 0 Å². The summed E-state index contributed by atoms with van der Waals surface area (Å²) in [6, 6.07) is 0. The summed E-state index contributed by atoms with van der Waals surface area (Å²) in [5.74, 6) is 2.20. The molecule has 3 aliphatic carbocycles. The quantitative estimate of drug-likeness (QED) is 0.692. The second kappa shape index (κ2) is 7.64. The molecule has 2 amide bonds. The van der Waals surface area contributed by atoms with Crippen LogP contribution in [0.25, 0.3) is 0 Å². The number of aryl methyl sites for hydroxylation is 1. The molecule has 2 saturated carbocycles. The average molecular weight is 457 g/mol. The van der Waals surface area contributed by atoms with Crippen molar-refractivity contribution in [1.29, 1.82) is 0 Å². The first-order valence-electron chi connectivity index (χ1n) is 12.3. The summed E-state index contributed by atoms with van der Waals surface area (Å²) in [5.41, 5.74) is 2.81. The van der Waals surface area contributed by atoms with Gasteiger partial charge in [-0.1, -0.05) is 37.7 Å². The Morgan fingerprint density at radius 3 is 2.69 bits per heavy atom. The van der Waals surface area contributed by atoms with E-state index in [4.69, 9.17) is 0 Å². The molecule has 6 atom stereocenters. The number of allylic oxidation sites excluding steroid dienone is 2. The van der Waals surface area contributed by atoms with E-state index in [-0.39, 0.29) is 28.6 Å². The maximum atomic E-state index is 13.3. The molecule has 1 aromatic heterocycles. The molecule has 1 aliphatic heterocycles. The third-order valence-electron chi connectivity index (χ3n) is 9.63. The Balaban J connectivity index is 1.40. The van der Waals surface area contributed by atoms with Gasteiger partial charge in [-0.05, 0) is 75.0 Å². The van der Waals surface area contributed by atoms with Gasteiger partial charge in [0.1, 0.15) is 5.01 Å². The highest BCUT2D eigenvalue weighted by Gasteiger charge is 2.61. The zero-order valence-corrected chi connectivity index (χ0v) is 20.8. The van der Waals surface area contributed by atoms with Crippen molar-refractivity contribution in [2.75, 3.05) is 12.4 Å². The number of nitrogens with zero attached hydrogens (tertiary/aromatic N) is 3. The second-order valence-electron chi connectivity index (χ2n) is 11.1. The number of hydrogen-bond acceptors (Lipinski definition) is 5. The van der Waals surface area contributed by atoms with Crippen molar-refractivity contribution >= 4 is 28.3 Å². The van der Waals surface area contributed by atoms with Crippen LogP contribution in [0.4, 0.5) is 5.13 Å². The number of nitrogens with one attached hydrogen (secondary N) is 1. The highest BCUT2D eigenvalue weighted by Crippen LogP contribution is 2.66. The van der Waals surface area contributed by atoms with Gasteiger partial charge < -0.3 is 10.2 Å². The molecular formula is C25H36N4O2S. The van der Waals surface area contributed by atoms with Crippen LogP contribution in [0.1, 0.15) is 77.6 Å². The minimum Gasteiger partial charge on any atom is -0.319 e. The number of fused-ring (bicyclic) bond motifs is 5. The predicted octanol–water partition coefficient (Wildman–Crippen LogP) is 5.03. The Labute approximate surface area is 195 Å². The van der Waals surface area contributed by atoms with Crippen LogP contribution in [0.2, 0.25) is 0 Å². The largest absolute Gasteiger partial charge is 0.319 e. The van der Waals surface area contributed by atoms with Gasteiger partial charge in [0, 0.05) is 30.5 Å². The Morgan fingerprint density at radius 2 is 1.97 bits per heavy atom. The van der Waals surface area contributed by atoms with Crippen LogP contribution < -0.4 is 5.32 Å². The lowest BCUT2D eigenvalue weighted by Crippen LogP contribution is -2.54. The SMILES string of the molecule is CCc1nnc(NC(=O)[C@H]2CC[C@H]3[C@@H]4CC(C)=C5N(C)C(=O)CC[C@]5(C)[C@H]4CC[C@]23C)s1. The van der Waals surface area contributed by atoms with E-state index in [2.05, 4.69) is 43.2 Å². The van der Waals surface area contributed by atoms with Crippen LogP contribution in [0.3, 0.4) is 0 Å². The van der Waals surface area contributed by atoms with E-state index in [1.165, 1.54) is 22.6 Å². The number of anilines is 1. The molecule has 32 heavy (non-hydrogen) atoms. The molecule has 0 bridgehead atoms. The summed E-state index contributed by atoms with van der Waals surface area (Å²) in [7, 11) is 1.97. The van der Waals surface area contributed by atoms with Gasteiger partial charge in [0.05, 0.1) is 0 Å². The van der Waals surface area contributed by atoms with Crippen LogP contribution >= 0.6 is 11.3 Å². The monoisotopic (exact) mass is 456 g/mol. The molecule has 1 aromatic rings. The number of piperidine rings is 1. The van der Waals surface area contributed by atoms with Crippen LogP contribution in [0, 0.1) is 34.5 Å². The molecule has 7 heteroatoms. The Bertz CT molecular complexity index is 986. The van der Waals surface area contributed by atoms with Crippen molar-refractivity contribution in [3.05, 3.63) is 16.3 Å². The number of aromatic nitrogens is 2. The lowest BCUT2D eigenvalue weighted by molar-refractivity contribution is -0.137. The van der Waals surface area contributed by atoms with Crippen LogP contribution in [-0.2, 0) is 16.0 Å². The van der Waals surface area contributed by atoms with Crippen LogP contribution in [0.15, 0.2) is 11.3 Å². The number of carbonyl (C=O) groups is 2. The van der Waals surface area contributed by atoms with Gasteiger partial charge in [-0.25, -0.2) is 0 Å². The van der Waals surface area contributed by atoms with Gasteiger partial charge in [-0.15, -0.1) is 10.2 Å². The number of amides is 2. The molecule has 2 heterocycles. The number of hydrogen-bond donors (Lipinski definition) is 1.